The number of anilines is 1. The van der Waals surface area contributed by atoms with Crippen LogP contribution in [0.5, 0.6) is 0 Å². The molecule has 0 spiro atoms. The van der Waals surface area contributed by atoms with Gasteiger partial charge < -0.3 is 25.3 Å². The van der Waals surface area contributed by atoms with Crippen molar-refractivity contribution in [2.24, 2.45) is 0 Å². The lowest BCUT2D eigenvalue weighted by atomic mass is 9.93. The van der Waals surface area contributed by atoms with E-state index in [1.807, 2.05) is 18.2 Å². The Hall–Kier alpha value is -4.11. The van der Waals surface area contributed by atoms with Crippen LogP contribution in [-0.4, -0.2) is 75.4 Å². The Labute approximate surface area is 260 Å². The Morgan fingerprint density at radius 3 is 2.00 bits per heavy atom. The summed E-state index contributed by atoms with van der Waals surface area (Å²) in [5.41, 5.74) is 3.29. The van der Waals surface area contributed by atoms with Gasteiger partial charge in [0.2, 0.25) is 0 Å². The summed E-state index contributed by atoms with van der Waals surface area (Å²) in [6.07, 6.45) is 4.77. The highest BCUT2D eigenvalue weighted by atomic mass is 19.1. The Morgan fingerprint density at radius 2 is 1.45 bits per heavy atom. The Balaban J connectivity index is 0.000000421. The number of carboxylic acid groups (broad SMARTS) is 2. The summed E-state index contributed by atoms with van der Waals surface area (Å²) in [6.45, 7) is 4.55. The van der Waals surface area contributed by atoms with Gasteiger partial charge in [0, 0.05) is 50.5 Å². The minimum Gasteiger partial charge on any atom is -0.465 e. The third-order valence-corrected chi connectivity index (χ3v) is 8.29. The van der Waals surface area contributed by atoms with Gasteiger partial charge in [0.05, 0.1) is 0 Å². The van der Waals surface area contributed by atoms with E-state index in [0.29, 0.717) is 13.0 Å². The van der Waals surface area contributed by atoms with Crippen LogP contribution < -0.4 is 5.32 Å². The number of nitrogens with one attached hydrogen (secondary N) is 1. The van der Waals surface area contributed by atoms with Gasteiger partial charge in [-0.3, -0.25) is 4.90 Å². The van der Waals surface area contributed by atoms with E-state index in [1.165, 1.54) is 34.6 Å². The predicted molar refractivity (Wildman–Crippen MR) is 171 cm³/mol. The van der Waals surface area contributed by atoms with Gasteiger partial charge in [0.1, 0.15) is 5.82 Å². The summed E-state index contributed by atoms with van der Waals surface area (Å²) in [5, 5.41) is 21.6. The van der Waals surface area contributed by atoms with Crippen LogP contribution in [0, 0.1) is 5.82 Å². The molecule has 3 aromatic rings. The van der Waals surface area contributed by atoms with E-state index < -0.39 is 12.2 Å². The van der Waals surface area contributed by atoms with Crippen molar-refractivity contribution in [3.05, 3.63) is 102 Å². The van der Waals surface area contributed by atoms with Crippen LogP contribution in [0.3, 0.4) is 0 Å². The highest BCUT2D eigenvalue weighted by molar-refractivity contribution is 5.65. The average molecular weight is 605 g/mol. The van der Waals surface area contributed by atoms with Crippen LogP contribution in [0.1, 0.15) is 56.1 Å². The lowest BCUT2D eigenvalue weighted by Crippen LogP contribution is -2.49. The van der Waals surface area contributed by atoms with E-state index in [-0.39, 0.29) is 17.9 Å². The molecule has 8 nitrogen and oxygen atoms in total. The van der Waals surface area contributed by atoms with Crippen LogP contribution >= 0.6 is 0 Å². The molecule has 3 aromatic carbocycles. The second-order valence-corrected chi connectivity index (χ2v) is 11.7. The SMILES string of the molecule is O=C(O)N1CCC(Nc2cccc(F)c2)C[C@@H]1CCCN(Cc1ccccc1)Cc1ccccc1.O=C(O)N1CCCCC1. The summed E-state index contributed by atoms with van der Waals surface area (Å²) in [7, 11) is 0. The van der Waals surface area contributed by atoms with Crippen molar-refractivity contribution >= 4 is 17.9 Å². The number of hydrogen-bond donors (Lipinski definition) is 3. The molecule has 0 bridgehead atoms. The first-order valence-electron chi connectivity index (χ1n) is 15.7. The molecule has 2 heterocycles. The Kier molecular flexibility index (Phi) is 12.9. The molecule has 2 saturated heterocycles. The van der Waals surface area contributed by atoms with Crippen molar-refractivity contribution in [1.82, 2.24) is 14.7 Å². The molecule has 9 heteroatoms. The molecule has 0 radical (unpaired) electrons. The van der Waals surface area contributed by atoms with Crippen molar-refractivity contribution in [3.63, 3.8) is 0 Å². The zero-order valence-electron chi connectivity index (χ0n) is 25.4. The van der Waals surface area contributed by atoms with E-state index in [4.69, 9.17) is 5.11 Å². The number of rotatable bonds is 10. The smallest absolute Gasteiger partial charge is 0.407 e. The van der Waals surface area contributed by atoms with Gasteiger partial charge in [-0.1, -0.05) is 66.7 Å². The zero-order chi connectivity index (χ0) is 31.1. The second-order valence-electron chi connectivity index (χ2n) is 11.7. The number of piperidine rings is 2. The van der Waals surface area contributed by atoms with Crippen LogP contribution in [0.15, 0.2) is 84.9 Å². The van der Waals surface area contributed by atoms with Crippen LogP contribution in [-0.2, 0) is 13.1 Å². The van der Waals surface area contributed by atoms with Gasteiger partial charge in [-0.15, -0.1) is 0 Å². The third kappa shape index (κ3) is 10.9. The highest BCUT2D eigenvalue weighted by Gasteiger charge is 2.31. The van der Waals surface area contributed by atoms with Gasteiger partial charge in [-0.2, -0.15) is 0 Å². The van der Waals surface area contributed by atoms with Gasteiger partial charge in [-0.25, -0.2) is 14.0 Å². The zero-order valence-corrected chi connectivity index (χ0v) is 25.4. The molecule has 0 saturated carbocycles. The number of amides is 2. The maximum absolute atomic E-state index is 13.6. The minimum atomic E-state index is -0.857. The normalized spacial score (nSPS) is 18.3. The van der Waals surface area contributed by atoms with Crippen molar-refractivity contribution in [1.29, 1.82) is 0 Å². The molecule has 2 aliphatic heterocycles. The molecule has 236 valence electrons. The fraction of sp³-hybridized carbons (Fsp3) is 0.429. The molecule has 44 heavy (non-hydrogen) atoms. The Bertz CT molecular complexity index is 1250. The predicted octanol–water partition coefficient (Wildman–Crippen LogP) is 7.38. The van der Waals surface area contributed by atoms with E-state index in [0.717, 1.165) is 70.5 Å². The van der Waals surface area contributed by atoms with E-state index >= 15 is 0 Å². The number of hydrogen-bond acceptors (Lipinski definition) is 4. The van der Waals surface area contributed by atoms with E-state index in [2.05, 4.69) is 58.7 Å². The fourth-order valence-electron chi connectivity index (χ4n) is 6.05. The number of likely N-dealkylation sites (tertiary alicyclic amines) is 2. The monoisotopic (exact) mass is 604 g/mol. The quantitative estimate of drug-likeness (QED) is 0.223. The topological polar surface area (TPSA) is 96.3 Å². The minimum absolute atomic E-state index is 0.0531. The van der Waals surface area contributed by atoms with E-state index in [1.54, 1.807) is 11.0 Å². The molecule has 0 aliphatic carbocycles. The van der Waals surface area contributed by atoms with Crippen molar-refractivity contribution in [2.75, 3.05) is 31.5 Å². The van der Waals surface area contributed by atoms with Gasteiger partial charge in [0.25, 0.3) is 0 Å². The molecule has 5 rings (SSSR count). The van der Waals surface area contributed by atoms with Crippen molar-refractivity contribution < 1.29 is 24.2 Å². The molecular weight excluding hydrogens is 559 g/mol. The van der Waals surface area contributed by atoms with Crippen molar-refractivity contribution in [2.45, 2.75) is 70.1 Å². The summed E-state index contributed by atoms with van der Waals surface area (Å²) in [5.74, 6) is -0.272. The van der Waals surface area contributed by atoms with Gasteiger partial charge in [0.15, 0.2) is 0 Å². The van der Waals surface area contributed by atoms with E-state index in [9.17, 15) is 19.1 Å². The molecular formula is C35H45FN4O4. The highest BCUT2D eigenvalue weighted by Crippen LogP contribution is 2.25. The van der Waals surface area contributed by atoms with Crippen LogP contribution in [0.2, 0.25) is 0 Å². The first-order valence-corrected chi connectivity index (χ1v) is 15.7. The molecule has 1 unspecified atom stereocenters. The molecule has 0 aromatic heterocycles. The fourth-order valence-corrected chi connectivity index (χ4v) is 6.05. The number of nitrogens with zero attached hydrogens (tertiary/aromatic N) is 3. The van der Waals surface area contributed by atoms with Gasteiger partial charge in [-0.05, 0) is 80.8 Å². The number of carbonyl (C=O) groups is 2. The summed E-state index contributed by atoms with van der Waals surface area (Å²) in [4.78, 5) is 27.7. The molecule has 2 atom stereocenters. The molecule has 2 fully saturated rings. The first kappa shape index (κ1) is 32.8. The average Bonchev–Trinajstić information content (AvgIpc) is 3.03. The summed E-state index contributed by atoms with van der Waals surface area (Å²) in [6, 6.07) is 27.4. The number of benzene rings is 3. The number of halogens is 1. The Morgan fingerprint density at radius 1 is 0.818 bits per heavy atom. The lowest BCUT2D eigenvalue weighted by molar-refractivity contribution is 0.0972. The van der Waals surface area contributed by atoms with Crippen LogP contribution in [0.4, 0.5) is 19.7 Å². The standard InChI is InChI=1S/C29H34FN3O2.C6H11NO2/c30-25-13-7-14-26(19-25)31-27-16-18-33(29(34)35)28(20-27)15-8-17-32(21-23-9-3-1-4-10-23)22-24-11-5-2-6-12-24;8-6(9)7-4-2-1-3-5-7/h1-7,9-14,19,27-28,31H,8,15-18,20-22H2,(H,34,35);1-5H2,(H,8,9)/t27?,28-;/m0./s1. The molecule has 3 N–H and O–H groups in total. The largest absolute Gasteiger partial charge is 0.465 e. The first-order chi connectivity index (χ1) is 21.4. The molecule has 2 amide bonds. The second kappa shape index (κ2) is 17.3. The maximum Gasteiger partial charge on any atom is 0.407 e. The third-order valence-electron chi connectivity index (χ3n) is 8.29. The summed E-state index contributed by atoms with van der Waals surface area (Å²) >= 11 is 0. The summed E-state index contributed by atoms with van der Waals surface area (Å²) < 4.78 is 13.6. The maximum atomic E-state index is 13.6. The lowest BCUT2D eigenvalue weighted by Gasteiger charge is -2.39. The van der Waals surface area contributed by atoms with Crippen molar-refractivity contribution in [3.8, 4) is 0 Å². The van der Waals surface area contributed by atoms with Gasteiger partial charge >= 0.3 is 12.2 Å². The molecule has 2 aliphatic rings. The van der Waals surface area contributed by atoms with Crippen LogP contribution in [0.25, 0.3) is 0 Å².